The van der Waals surface area contributed by atoms with Crippen LogP contribution in [0.2, 0.25) is 0 Å². The van der Waals surface area contributed by atoms with Crippen LogP contribution in [-0.2, 0) is 17.8 Å². The molecule has 86 valence electrons. The largest absolute Gasteiger partial charge is 0.473 e. The van der Waals surface area contributed by atoms with Crippen LogP contribution in [0.25, 0.3) is 0 Å². The molecule has 3 nitrogen and oxygen atoms in total. The maximum Gasteiger partial charge on any atom is 0.213 e. The lowest BCUT2D eigenvalue weighted by Gasteiger charge is -2.05. The molecule has 0 N–H and O–H groups in total. The Balaban J connectivity index is 1.99. The van der Waals surface area contributed by atoms with Crippen molar-refractivity contribution < 1.29 is 9.53 Å². The highest BCUT2D eigenvalue weighted by molar-refractivity contribution is 5.53. The number of rotatable bonds is 5. The molecule has 0 aliphatic carbocycles. The Morgan fingerprint density at radius 3 is 2.65 bits per heavy atom. The fourth-order valence-electron chi connectivity index (χ4n) is 1.47. The van der Waals surface area contributed by atoms with E-state index in [2.05, 4.69) is 4.98 Å². The van der Waals surface area contributed by atoms with Crippen LogP contribution in [0.5, 0.6) is 5.88 Å². The predicted molar refractivity (Wildman–Crippen MR) is 64.8 cm³/mol. The first kappa shape index (κ1) is 11.3. The summed E-state index contributed by atoms with van der Waals surface area (Å²) in [5.41, 5.74) is 1.82. The Bertz CT molecular complexity index is 483. The van der Waals surface area contributed by atoms with Crippen LogP contribution >= 0.6 is 0 Å². The van der Waals surface area contributed by atoms with Gasteiger partial charge in [-0.15, -0.1) is 0 Å². The summed E-state index contributed by atoms with van der Waals surface area (Å²) in [7, 11) is 0. The summed E-state index contributed by atoms with van der Waals surface area (Å²) in [5.74, 6) is 0.549. The number of pyridine rings is 1. The number of ether oxygens (including phenoxy) is 1. The van der Waals surface area contributed by atoms with E-state index in [4.69, 9.17) is 4.74 Å². The van der Waals surface area contributed by atoms with Crippen molar-refractivity contribution in [2.45, 2.75) is 13.0 Å². The van der Waals surface area contributed by atoms with Gasteiger partial charge in [-0.25, -0.2) is 4.98 Å². The van der Waals surface area contributed by atoms with Crippen molar-refractivity contribution in [3.63, 3.8) is 0 Å². The molecule has 0 spiro atoms. The van der Waals surface area contributed by atoms with Crippen molar-refractivity contribution in [1.82, 2.24) is 4.98 Å². The Hall–Kier alpha value is -2.16. The number of hydrogen-bond acceptors (Lipinski definition) is 3. The van der Waals surface area contributed by atoms with E-state index in [1.54, 1.807) is 6.07 Å². The van der Waals surface area contributed by atoms with Crippen LogP contribution in [0.4, 0.5) is 0 Å². The van der Waals surface area contributed by atoms with E-state index in [1.807, 2.05) is 42.5 Å². The first-order valence-electron chi connectivity index (χ1n) is 5.45. The summed E-state index contributed by atoms with van der Waals surface area (Å²) < 4.78 is 5.55. The molecule has 3 heteroatoms. The summed E-state index contributed by atoms with van der Waals surface area (Å²) in [6, 6.07) is 15.3. The summed E-state index contributed by atoms with van der Waals surface area (Å²) in [5, 5.41) is 0. The molecular weight excluding hydrogens is 214 g/mol. The highest BCUT2D eigenvalue weighted by Gasteiger charge is 1.99. The van der Waals surface area contributed by atoms with Gasteiger partial charge in [-0.2, -0.15) is 0 Å². The van der Waals surface area contributed by atoms with Crippen molar-refractivity contribution in [2.75, 3.05) is 0 Å². The lowest BCUT2D eigenvalue weighted by molar-refractivity contribution is -0.107. The van der Waals surface area contributed by atoms with Crippen LogP contribution < -0.4 is 4.74 Å². The first-order valence-corrected chi connectivity index (χ1v) is 5.45. The van der Waals surface area contributed by atoms with Gasteiger partial charge in [-0.1, -0.05) is 36.4 Å². The summed E-state index contributed by atoms with van der Waals surface area (Å²) in [6.45, 7) is 0.485. The maximum atomic E-state index is 10.4. The van der Waals surface area contributed by atoms with Crippen molar-refractivity contribution >= 4 is 6.29 Å². The smallest absolute Gasteiger partial charge is 0.213 e. The summed E-state index contributed by atoms with van der Waals surface area (Å²) >= 11 is 0. The topological polar surface area (TPSA) is 39.2 Å². The lowest BCUT2D eigenvalue weighted by atomic mass is 10.2. The van der Waals surface area contributed by atoms with E-state index in [-0.39, 0.29) is 0 Å². The minimum atomic E-state index is 0.322. The number of aldehydes is 1. The van der Waals surface area contributed by atoms with Crippen LogP contribution in [0.1, 0.15) is 11.3 Å². The van der Waals surface area contributed by atoms with Gasteiger partial charge in [0.15, 0.2) is 0 Å². The van der Waals surface area contributed by atoms with Crippen LogP contribution in [0.15, 0.2) is 48.5 Å². The number of nitrogens with zero attached hydrogens (tertiary/aromatic N) is 1. The van der Waals surface area contributed by atoms with Gasteiger partial charge in [-0.05, 0) is 11.6 Å². The summed E-state index contributed by atoms with van der Waals surface area (Å²) in [4.78, 5) is 14.6. The van der Waals surface area contributed by atoms with Crippen LogP contribution in [0.3, 0.4) is 0 Å². The van der Waals surface area contributed by atoms with E-state index in [0.29, 0.717) is 18.9 Å². The van der Waals surface area contributed by atoms with Gasteiger partial charge in [0.2, 0.25) is 5.88 Å². The molecule has 17 heavy (non-hydrogen) atoms. The molecule has 1 aromatic carbocycles. The number of benzene rings is 1. The van der Waals surface area contributed by atoms with E-state index in [1.165, 1.54) is 0 Å². The molecule has 0 atom stereocenters. The Morgan fingerprint density at radius 1 is 1.06 bits per heavy atom. The quantitative estimate of drug-likeness (QED) is 0.736. The standard InChI is InChI=1S/C14H13NO2/c16-10-9-13-7-4-8-14(15-13)17-11-12-5-2-1-3-6-12/h1-8,10H,9,11H2. The molecule has 0 saturated carbocycles. The third kappa shape index (κ3) is 3.41. The molecule has 1 heterocycles. The maximum absolute atomic E-state index is 10.4. The monoisotopic (exact) mass is 227 g/mol. The molecule has 0 saturated heterocycles. The van der Waals surface area contributed by atoms with Gasteiger partial charge in [0.25, 0.3) is 0 Å². The number of carbonyl (C=O) groups is 1. The average Bonchev–Trinajstić information content (AvgIpc) is 2.39. The Kier molecular flexibility index (Phi) is 3.86. The highest BCUT2D eigenvalue weighted by Crippen LogP contribution is 2.10. The molecule has 0 unspecified atom stereocenters. The van der Waals surface area contributed by atoms with Gasteiger partial charge >= 0.3 is 0 Å². The first-order chi connectivity index (χ1) is 8.38. The van der Waals surface area contributed by atoms with Crippen molar-refractivity contribution in [1.29, 1.82) is 0 Å². The van der Waals surface area contributed by atoms with Crippen LogP contribution in [0, 0.1) is 0 Å². The number of aromatic nitrogens is 1. The van der Waals surface area contributed by atoms with Gasteiger partial charge in [0.1, 0.15) is 12.9 Å². The molecule has 2 rings (SSSR count). The van der Waals surface area contributed by atoms with Gasteiger partial charge in [-0.3, -0.25) is 0 Å². The second-order valence-electron chi connectivity index (χ2n) is 3.61. The third-order valence-corrected chi connectivity index (χ3v) is 2.30. The van der Waals surface area contributed by atoms with Crippen molar-refractivity contribution in [2.24, 2.45) is 0 Å². The third-order valence-electron chi connectivity index (χ3n) is 2.30. The van der Waals surface area contributed by atoms with Gasteiger partial charge in [0, 0.05) is 12.5 Å². The van der Waals surface area contributed by atoms with Crippen molar-refractivity contribution in [3.05, 3.63) is 59.8 Å². The SMILES string of the molecule is O=CCc1cccc(OCc2ccccc2)n1. The lowest BCUT2D eigenvalue weighted by Crippen LogP contribution is -1.99. The van der Waals surface area contributed by atoms with Crippen LogP contribution in [-0.4, -0.2) is 11.3 Å². The summed E-state index contributed by atoms with van der Waals surface area (Å²) in [6.07, 6.45) is 1.16. The van der Waals surface area contributed by atoms with Gasteiger partial charge in [0.05, 0.1) is 5.69 Å². The Labute approximate surface area is 100 Å². The number of carbonyl (C=O) groups excluding carboxylic acids is 1. The fraction of sp³-hybridized carbons (Fsp3) is 0.143. The molecule has 0 amide bonds. The molecular formula is C14H13NO2. The van der Waals surface area contributed by atoms with E-state index in [0.717, 1.165) is 17.5 Å². The van der Waals surface area contributed by atoms with E-state index >= 15 is 0 Å². The zero-order valence-electron chi connectivity index (χ0n) is 9.37. The molecule has 0 fully saturated rings. The van der Waals surface area contributed by atoms with E-state index in [9.17, 15) is 4.79 Å². The second-order valence-corrected chi connectivity index (χ2v) is 3.61. The fourth-order valence-corrected chi connectivity index (χ4v) is 1.47. The second kappa shape index (κ2) is 5.80. The predicted octanol–water partition coefficient (Wildman–Crippen LogP) is 2.40. The molecule has 0 bridgehead atoms. The Morgan fingerprint density at radius 2 is 1.88 bits per heavy atom. The zero-order valence-corrected chi connectivity index (χ0v) is 9.37. The zero-order chi connectivity index (χ0) is 11.9. The minimum absolute atomic E-state index is 0.322. The molecule has 0 radical (unpaired) electrons. The van der Waals surface area contributed by atoms with Crippen molar-refractivity contribution in [3.8, 4) is 5.88 Å². The normalized spacial score (nSPS) is 9.88. The van der Waals surface area contributed by atoms with Gasteiger partial charge < -0.3 is 9.53 Å². The average molecular weight is 227 g/mol. The highest BCUT2D eigenvalue weighted by atomic mass is 16.5. The molecule has 0 aliphatic rings. The molecule has 1 aromatic heterocycles. The molecule has 0 aliphatic heterocycles. The number of hydrogen-bond donors (Lipinski definition) is 0. The minimum Gasteiger partial charge on any atom is -0.473 e. The molecule has 2 aromatic rings. The van der Waals surface area contributed by atoms with E-state index < -0.39 is 0 Å².